The molecule has 0 fully saturated rings. The van der Waals surface area contributed by atoms with Gasteiger partial charge in [0.2, 0.25) is 0 Å². The van der Waals surface area contributed by atoms with Crippen LogP contribution in [0.5, 0.6) is 5.75 Å². The van der Waals surface area contributed by atoms with Crippen molar-refractivity contribution in [2.24, 2.45) is 17.3 Å². The fourth-order valence-electron chi connectivity index (χ4n) is 1.83. The predicted molar refractivity (Wildman–Crippen MR) is 77.4 cm³/mol. The van der Waals surface area contributed by atoms with Gasteiger partial charge in [-0.1, -0.05) is 46.5 Å². The minimum atomic E-state index is 0. The molecule has 1 unspecified atom stereocenters. The summed E-state index contributed by atoms with van der Waals surface area (Å²) in [6, 6.07) is 7.05. The topological polar surface area (TPSA) is 20.2 Å². The van der Waals surface area contributed by atoms with E-state index in [0.29, 0.717) is 17.3 Å². The molecule has 1 N–H and O–H groups in total. The largest absolute Gasteiger partial charge is 0.508 e. The first-order valence-corrected chi connectivity index (χ1v) is 6.62. The number of benzene rings is 1. The Kier molecular flexibility index (Phi) is 5.67. The predicted octanol–water partition coefficient (Wildman–Crippen LogP) is 4.45. The molecule has 0 saturated heterocycles. The Morgan fingerprint density at radius 1 is 1.11 bits per heavy atom. The van der Waals surface area contributed by atoms with Crippen LogP contribution in [0.15, 0.2) is 24.3 Å². The summed E-state index contributed by atoms with van der Waals surface area (Å²) in [6.07, 6.45) is 1.11. The summed E-state index contributed by atoms with van der Waals surface area (Å²) < 4.78 is 0. The maximum atomic E-state index is 9.20. The zero-order valence-corrected chi connectivity index (χ0v) is 19.2. The molecule has 100 valence electrons. The molecule has 2 heteroatoms. The first kappa shape index (κ1) is 16.6. The Morgan fingerprint density at radius 2 is 1.63 bits per heavy atom. The molecule has 0 aliphatic heterocycles. The number of phenolic OH excluding ortho intramolecular Hbond substituents is 1. The minimum absolute atomic E-state index is 0. The van der Waals surface area contributed by atoms with Gasteiger partial charge in [0.25, 0.3) is 0 Å². The molecule has 19 heavy (non-hydrogen) atoms. The molecule has 0 aliphatic rings. The van der Waals surface area contributed by atoms with Gasteiger partial charge in [0.15, 0.2) is 0 Å². The Labute approximate surface area is 111 Å². The number of rotatable bonds is 3. The summed E-state index contributed by atoms with van der Waals surface area (Å²) in [5.74, 6) is 7.80. The van der Waals surface area contributed by atoms with E-state index in [9.17, 15) is 5.11 Å². The van der Waals surface area contributed by atoms with Gasteiger partial charge in [-0.15, -0.1) is 0 Å². The third kappa shape index (κ3) is 5.17. The van der Waals surface area contributed by atoms with Crippen molar-refractivity contribution in [3.05, 3.63) is 29.8 Å². The molecule has 0 heterocycles. The molecule has 0 amide bonds. The van der Waals surface area contributed by atoms with E-state index in [1.807, 2.05) is 12.1 Å². The molecular weight excluding hydrogens is 487 g/mol. The normalized spacial score (nSPS) is 12.3. The van der Waals surface area contributed by atoms with Crippen LogP contribution < -0.4 is 0 Å². The van der Waals surface area contributed by atoms with Gasteiger partial charge in [-0.3, -0.25) is 0 Å². The van der Waals surface area contributed by atoms with Crippen molar-refractivity contribution < 1.29 is 5.11 Å². The Morgan fingerprint density at radius 3 is 2.11 bits per heavy atom. The smallest absolute Gasteiger partial charge is 0.115 e. The second kappa shape index (κ2) is 6.50. The molecule has 0 aromatic heterocycles. The van der Waals surface area contributed by atoms with Crippen molar-refractivity contribution >= 4 is 0 Å². The molecule has 0 aliphatic carbocycles. The summed E-state index contributed by atoms with van der Waals surface area (Å²) >= 11 is 0. The Balaban J connectivity index is 0.00000324. The fourth-order valence-corrected chi connectivity index (χ4v) is 1.83. The fraction of sp³-hybridized carbons (Fsp3) is 0.529. The SMILES string of the molecule is CC(C#Cc1ccc(O)cc1)CC(C)(C)C(C)C.[Rf]. The van der Waals surface area contributed by atoms with Crippen LogP contribution in [0.1, 0.15) is 46.6 Å². The van der Waals surface area contributed by atoms with E-state index in [-0.39, 0.29) is 5.75 Å². The minimum Gasteiger partial charge on any atom is -0.508 e. The van der Waals surface area contributed by atoms with Gasteiger partial charge in [-0.05, 0) is 42.0 Å². The zero-order chi connectivity index (χ0) is 13.8. The van der Waals surface area contributed by atoms with E-state index >= 15 is 0 Å². The van der Waals surface area contributed by atoms with Gasteiger partial charge in [0.05, 0.1) is 0 Å². The molecule has 0 saturated carbocycles. The van der Waals surface area contributed by atoms with Gasteiger partial charge in [-0.2, -0.15) is 0 Å². The number of aromatic hydroxyl groups is 1. The van der Waals surface area contributed by atoms with Crippen LogP contribution in [0.3, 0.4) is 0 Å². The Bertz CT molecular complexity index is 435. The van der Waals surface area contributed by atoms with Crippen LogP contribution >= 0.6 is 0 Å². The van der Waals surface area contributed by atoms with Crippen molar-refractivity contribution in [3.63, 3.8) is 0 Å². The molecule has 0 radical (unpaired) electrons. The van der Waals surface area contributed by atoms with Crippen molar-refractivity contribution in [1.29, 1.82) is 0 Å². The number of hydrogen-bond acceptors (Lipinski definition) is 1. The van der Waals surface area contributed by atoms with Gasteiger partial charge < -0.3 is 5.11 Å². The monoisotopic (exact) mass is 511 g/mol. The second-order valence-electron chi connectivity index (χ2n) is 6.06. The average Bonchev–Trinajstić information content (AvgIpc) is 2.27. The van der Waals surface area contributed by atoms with Gasteiger partial charge in [0, 0.05) is 11.5 Å². The molecular formula is C17H24ORf. The van der Waals surface area contributed by atoms with Crippen LogP contribution in [-0.2, 0) is 0 Å². The average molecular weight is 511 g/mol. The first-order chi connectivity index (χ1) is 8.31. The molecule has 1 atom stereocenters. The summed E-state index contributed by atoms with van der Waals surface area (Å²) in [5.41, 5.74) is 1.28. The standard InChI is InChI=1S/C17H24O.Rf/c1-13(2)17(4,5)12-14(3)6-7-15-8-10-16(18)11-9-15;/h8-11,13-14,18H,12H2,1-5H3;. The van der Waals surface area contributed by atoms with Gasteiger partial charge >= 0.3 is 0 Å². The molecule has 0 spiro atoms. The van der Waals surface area contributed by atoms with E-state index in [4.69, 9.17) is 0 Å². The number of phenols is 1. The van der Waals surface area contributed by atoms with Crippen LogP contribution in [-0.4, -0.2) is 5.11 Å². The van der Waals surface area contributed by atoms with E-state index in [0.717, 1.165) is 12.0 Å². The third-order valence-electron chi connectivity index (χ3n) is 3.73. The first-order valence-electron chi connectivity index (χ1n) is 6.62. The summed E-state index contributed by atoms with van der Waals surface area (Å²) in [4.78, 5) is 0. The maximum absolute atomic E-state index is 9.20. The van der Waals surface area contributed by atoms with Crippen LogP contribution in [0.2, 0.25) is 0 Å². The molecule has 1 aromatic rings. The van der Waals surface area contributed by atoms with Crippen LogP contribution in [0.4, 0.5) is 0 Å². The maximum Gasteiger partial charge on any atom is 0.115 e. The number of hydrogen-bond donors (Lipinski definition) is 1. The van der Waals surface area contributed by atoms with Crippen molar-refractivity contribution in [3.8, 4) is 17.6 Å². The van der Waals surface area contributed by atoms with E-state index in [1.54, 1.807) is 12.1 Å². The third-order valence-corrected chi connectivity index (χ3v) is 3.73. The van der Waals surface area contributed by atoms with E-state index in [1.165, 1.54) is 0 Å². The van der Waals surface area contributed by atoms with E-state index < -0.39 is 0 Å². The molecule has 0 bridgehead atoms. The summed E-state index contributed by atoms with van der Waals surface area (Å²) in [5, 5.41) is 9.20. The Hall–Kier alpha value is -2.42. The quantitative estimate of drug-likeness (QED) is 0.595. The molecule has 1 rings (SSSR count). The summed E-state index contributed by atoms with van der Waals surface area (Å²) in [7, 11) is 0. The van der Waals surface area contributed by atoms with Crippen molar-refractivity contribution in [1.82, 2.24) is 0 Å². The molecule has 1 aromatic carbocycles. The second-order valence-corrected chi connectivity index (χ2v) is 6.06. The van der Waals surface area contributed by atoms with Crippen molar-refractivity contribution in [2.45, 2.75) is 41.0 Å². The van der Waals surface area contributed by atoms with Gasteiger partial charge in [0.1, 0.15) is 5.75 Å². The van der Waals surface area contributed by atoms with Crippen molar-refractivity contribution in [2.75, 3.05) is 0 Å². The van der Waals surface area contributed by atoms with Crippen LogP contribution in [0.25, 0.3) is 0 Å². The van der Waals surface area contributed by atoms with E-state index in [2.05, 4.69) is 46.5 Å². The molecule has 1 nitrogen and oxygen atoms in total. The van der Waals surface area contributed by atoms with Gasteiger partial charge in [-0.25, -0.2) is 0 Å². The van der Waals surface area contributed by atoms with Crippen LogP contribution in [0, 0.1) is 29.1 Å². The summed E-state index contributed by atoms with van der Waals surface area (Å²) in [6.45, 7) is 11.3. The zero-order valence-electron chi connectivity index (χ0n) is 12.8.